The minimum Gasteiger partial charge on any atom is -0.346 e. The van der Waals surface area contributed by atoms with Gasteiger partial charge in [-0.25, -0.2) is 8.99 Å². The molecule has 0 aliphatic heterocycles. The van der Waals surface area contributed by atoms with Gasteiger partial charge in [0.15, 0.2) is 5.03 Å². The molecule has 3 rings (SSSR count). The lowest BCUT2D eigenvalue weighted by Crippen LogP contribution is -2.36. The van der Waals surface area contributed by atoms with Gasteiger partial charge in [-0.15, -0.1) is 5.10 Å². The van der Waals surface area contributed by atoms with E-state index in [-0.39, 0.29) is 11.3 Å². The zero-order valence-electron chi connectivity index (χ0n) is 18.8. The van der Waals surface area contributed by atoms with Crippen LogP contribution in [0.3, 0.4) is 0 Å². The van der Waals surface area contributed by atoms with Crippen LogP contribution in [0.15, 0.2) is 58.5 Å². The van der Waals surface area contributed by atoms with Crippen molar-refractivity contribution >= 4 is 15.6 Å². The van der Waals surface area contributed by atoms with Crippen molar-refractivity contribution in [3.63, 3.8) is 0 Å². The van der Waals surface area contributed by atoms with Crippen LogP contribution >= 0.6 is 0 Å². The highest BCUT2D eigenvalue weighted by Crippen LogP contribution is 2.33. The second-order valence-electron chi connectivity index (χ2n) is 7.99. The fraction of sp³-hybridized carbons (Fsp3) is 0.261. The molecule has 0 saturated carbocycles. The van der Waals surface area contributed by atoms with E-state index in [1.54, 1.807) is 13.0 Å². The molecule has 0 spiro atoms. The van der Waals surface area contributed by atoms with Crippen LogP contribution in [0.1, 0.15) is 38.3 Å². The van der Waals surface area contributed by atoms with Crippen LogP contribution < -0.4 is 5.32 Å². The number of alkyl halides is 5. The molecule has 35 heavy (non-hydrogen) atoms. The molecule has 0 fully saturated rings. The first-order valence-electron chi connectivity index (χ1n) is 10.2. The van der Waals surface area contributed by atoms with Crippen molar-refractivity contribution in [2.45, 2.75) is 42.8 Å². The number of aromatic nitrogens is 2. The summed E-state index contributed by atoms with van der Waals surface area (Å²) in [4.78, 5) is 12.3. The van der Waals surface area contributed by atoms with E-state index in [1.165, 1.54) is 26.0 Å². The van der Waals surface area contributed by atoms with E-state index >= 15 is 0 Å². The lowest BCUT2D eigenvalue weighted by molar-refractivity contribution is -0.137. The first kappa shape index (κ1) is 26.2. The van der Waals surface area contributed by atoms with E-state index in [9.17, 15) is 31.0 Å². The van der Waals surface area contributed by atoms with Crippen LogP contribution in [-0.2, 0) is 21.8 Å². The summed E-state index contributed by atoms with van der Waals surface area (Å²) in [6.45, 7) is 3.57. The van der Waals surface area contributed by atoms with Crippen molar-refractivity contribution < 1.29 is 31.0 Å². The van der Waals surface area contributed by atoms with Gasteiger partial charge in [0.25, 0.3) is 11.8 Å². The molecular formula is C23H21F5N4O2S. The first-order valence-corrected chi connectivity index (χ1v) is 11.7. The Bertz CT molecular complexity index is 1390. The molecule has 186 valence electrons. The minimum absolute atomic E-state index is 0.152. The van der Waals surface area contributed by atoms with Crippen LogP contribution in [0.2, 0.25) is 0 Å². The molecule has 1 atom stereocenters. The Morgan fingerprint density at radius 2 is 1.69 bits per heavy atom. The highest BCUT2D eigenvalue weighted by molar-refractivity contribution is 7.92. The summed E-state index contributed by atoms with van der Waals surface area (Å²) in [5, 5.41) is 8.62. The summed E-state index contributed by atoms with van der Waals surface area (Å²) < 4.78 is 90.5. The smallest absolute Gasteiger partial charge is 0.346 e. The number of benzene rings is 2. The van der Waals surface area contributed by atoms with Crippen LogP contribution in [-0.4, -0.2) is 26.9 Å². The van der Waals surface area contributed by atoms with Crippen LogP contribution in [0.5, 0.6) is 0 Å². The quantitative estimate of drug-likeness (QED) is 0.432. The Balaban J connectivity index is 1.96. The Kier molecular flexibility index (Phi) is 6.98. The number of hydrogen-bond donors (Lipinski definition) is 2. The molecule has 1 heterocycles. The number of nitrogens with zero attached hydrogens (tertiary/aromatic N) is 2. The van der Waals surface area contributed by atoms with Gasteiger partial charge in [0.2, 0.25) is 0 Å². The van der Waals surface area contributed by atoms with Gasteiger partial charge in [-0.3, -0.25) is 4.79 Å². The van der Waals surface area contributed by atoms with Crippen molar-refractivity contribution in [1.29, 1.82) is 4.78 Å². The molecule has 2 aromatic carbocycles. The number of hydrogen-bond acceptors (Lipinski definition) is 5. The van der Waals surface area contributed by atoms with E-state index in [1.807, 2.05) is 0 Å². The largest absolute Gasteiger partial charge is 0.416 e. The summed E-state index contributed by atoms with van der Waals surface area (Å²) in [5.74, 6) is -4.57. The molecule has 6 nitrogen and oxygen atoms in total. The van der Waals surface area contributed by atoms with Gasteiger partial charge in [-0.05, 0) is 50.6 Å². The van der Waals surface area contributed by atoms with E-state index < -0.39 is 55.3 Å². The average Bonchev–Trinajstić information content (AvgIpc) is 2.76. The highest BCUT2D eigenvalue weighted by atomic mass is 32.2. The zero-order chi connectivity index (χ0) is 26.2. The molecule has 12 heteroatoms. The number of carbonyl (C=O) groups excluding carboxylic acids is 1. The fourth-order valence-electron chi connectivity index (χ4n) is 3.42. The van der Waals surface area contributed by atoms with E-state index in [2.05, 4.69) is 15.5 Å². The highest BCUT2D eigenvalue weighted by Gasteiger charge is 2.35. The third-order valence-corrected chi connectivity index (χ3v) is 6.90. The molecule has 0 saturated heterocycles. The van der Waals surface area contributed by atoms with E-state index in [0.717, 1.165) is 29.8 Å². The van der Waals surface area contributed by atoms with Crippen LogP contribution in [0, 0.1) is 25.6 Å². The number of amides is 1. The predicted molar refractivity (Wildman–Crippen MR) is 118 cm³/mol. The summed E-state index contributed by atoms with van der Waals surface area (Å²) in [5.41, 5.74) is -0.667. The van der Waals surface area contributed by atoms with Crippen molar-refractivity contribution in [2.75, 3.05) is 6.54 Å². The monoisotopic (exact) mass is 512 g/mol. The number of aryl methyl sites for hydroxylation is 3. The van der Waals surface area contributed by atoms with Gasteiger partial charge in [0.1, 0.15) is 9.73 Å². The first-order chi connectivity index (χ1) is 16.1. The standard InChI is InChI=1S/C23H21F5N4O2S/c1-13-7-8-19(14(2)9-13)22(24,25)12-30-20(33)18-10-15(3)31-32-21(18)35(29,34)17-6-4-5-16(11-17)23(26,27)28/h4-11,29H,12H2,1-3H3,(H,30,33). The fourth-order valence-corrected chi connectivity index (χ4v) is 4.82. The van der Waals surface area contributed by atoms with Gasteiger partial charge < -0.3 is 5.32 Å². The second-order valence-corrected chi connectivity index (χ2v) is 9.96. The molecule has 0 aliphatic rings. The minimum atomic E-state index is -4.76. The Labute approximate surface area is 198 Å². The average molecular weight is 513 g/mol. The Morgan fingerprint density at radius 1 is 1.00 bits per heavy atom. The number of nitrogens with one attached hydrogen (secondary N) is 2. The van der Waals surface area contributed by atoms with Crippen LogP contribution in [0.25, 0.3) is 0 Å². The van der Waals surface area contributed by atoms with Crippen molar-refractivity contribution in [1.82, 2.24) is 15.5 Å². The Morgan fingerprint density at radius 3 is 2.31 bits per heavy atom. The van der Waals surface area contributed by atoms with Crippen molar-refractivity contribution in [2.24, 2.45) is 0 Å². The second kappa shape index (κ2) is 9.33. The van der Waals surface area contributed by atoms with Gasteiger partial charge in [0.05, 0.1) is 28.3 Å². The number of carbonyl (C=O) groups is 1. The summed E-state index contributed by atoms with van der Waals surface area (Å²) in [6.07, 6.45) is -4.76. The maximum absolute atomic E-state index is 14.8. The molecule has 1 aromatic heterocycles. The SMILES string of the molecule is Cc1ccc(C(F)(F)CNC(=O)c2cc(C)nnc2S(=N)(=O)c2cccc(C(F)(F)F)c2)c(C)c1. The number of rotatable bonds is 6. The summed E-state index contributed by atoms with van der Waals surface area (Å²) in [6, 6.07) is 8.69. The molecule has 0 aliphatic carbocycles. The normalized spacial score (nSPS) is 13.8. The lowest BCUT2D eigenvalue weighted by atomic mass is 10.00. The lowest BCUT2D eigenvalue weighted by Gasteiger charge is -2.20. The Hall–Kier alpha value is -3.41. The third-order valence-electron chi connectivity index (χ3n) is 5.14. The van der Waals surface area contributed by atoms with Gasteiger partial charge >= 0.3 is 6.18 Å². The maximum Gasteiger partial charge on any atom is 0.416 e. The topological polar surface area (TPSA) is 95.8 Å². The third kappa shape index (κ3) is 5.64. The van der Waals surface area contributed by atoms with Gasteiger partial charge in [-0.2, -0.15) is 27.1 Å². The molecule has 0 radical (unpaired) electrons. The van der Waals surface area contributed by atoms with Gasteiger partial charge in [0, 0.05) is 5.56 Å². The van der Waals surface area contributed by atoms with E-state index in [4.69, 9.17) is 4.78 Å². The molecular weight excluding hydrogens is 491 g/mol. The molecule has 2 N–H and O–H groups in total. The van der Waals surface area contributed by atoms with Crippen LogP contribution in [0.4, 0.5) is 22.0 Å². The zero-order valence-corrected chi connectivity index (χ0v) is 19.7. The molecule has 1 unspecified atom stereocenters. The summed E-state index contributed by atoms with van der Waals surface area (Å²) in [7, 11) is -4.25. The number of halogens is 5. The molecule has 3 aromatic rings. The molecule has 0 bridgehead atoms. The van der Waals surface area contributed by atoms with E-state index in [0.29, 0.717) is 11.6 Å². The van der Waals surface area contributed by atoms with Crippen molar-refractivity contribution in [3.8, 4) is 0 Å². The predicted octanol–water partition coefficient (Wildman–Crippen LogP) is 5.41. The molecule has 1 amide bonds. The van der Waals surface area contributed by atoms with Gasteiger partial charge in [-0.1, -0.05) is 29.8 Å². The maximum atomic E-state index is 14.8. The van der Waals surface area contributed by atoms with Crippen molar-refractivity contribution in [3.05, 3.63) is 82.0 Å². The summed E-state index contributed by atoms with van der Waals surface area (Å²) >= 11 is 0.